The third-order valence-electron chi connectivity index (χ3n) is 5.52. The van der Waals surface area contributed by atoms with E-state index in [1.807, 2.05) is 0 Å². The molecule has 1 aliphatic heterocycles. The van der Waals surface area contributed by atoms with Crippen LogP contribution in [0.4, 0.5) is 13.2 Å². The van der Waals surface area contributed by atoms with Gasteiger partial charge in [-0.25, -0.2) is 17.6 Å². The van der Waals surface area contributed by atoms with Gasteiger partial charge in [0, 0.05) is 25.4 Å². The van der Waals surface area contributed by atoms with Crippen LogP contribution in [0.5, 0.6) is 0 Å². The van der Waals surface area contributed by atoms with Crippen LogP contribution in [0.25, 0.3) is 5.70 Å². The van der Waals surface area contributed by atoms with Gasteiger partial charge in [0.25, 0.3) is 0 Å². The van der Waals surface area contributed by atoms with E-state index in [2.05, 4.69) is 89.6 Å². The first kappa shape index (κ1) is 26.5. The Bertz CT molecular complexity index is 902. The standard InChI is InChI=1S/C19H34N3.CHF3O3S/c1-13(2)22-16(11-18(5,6)12-19(22,7)8)17-20(9)14(3)15(4)21(17)10;2-1(3,4)8(5,6)7/h11,13H,12H2,1-10H3;(H,5,6,7)/q+1;/p-1. The van der Waals surface area contributed by atoms with Gasteiger partial charge in [-0.05, 0) is 45.6 Å². The van der Waals surface area contributed by atoms with Gasteiger partial charge < -0.3 is 9.45 Å². The summed E-state index contributed by atoms with van der Waals surface area (Å²) in [6.45, 7) is 18.5. The number of aromatic nitrogens is 2. The average Bonchev–Trinajstić information content (AvgIpc) is 2.66. The Morgan fingerprint density at radius 2 is 1.60 bits per heavy atom. The SMILES string of the molecule is Cc1c(C)[n+](C)c(C2=CC(C)(C)CC(C)(C)N2C(C)C)n1C.O=S(=O)([O-])C(F)(F)F. The predicted molar refractivity (Wildman–Crippen MR) is 109 cm³/mol. The van der Waals surface area contributed by atoms with E-state index < -0.39 is 15.6 Å². The molecule has 0 fully saturated rings. The highest BCUT2D eigenvalue weighted by atomic mass is 32.2. The maximum Gasteiger partial charge on any atom is 0.485 e. The molecule has 0 saturated heterocycles. The van der Waals surface area contributed by atoms with Gasteiger partial charge in [0.15, 0.2) is 10.1 Å². The quantitative estimate of drug-likeness (QED) is 0.388. The Balaban J connectivity index is 0.000000479. The van der Waals surface area contributed by atoms with Gasteiger partial charge in [-0.3, -0.25) is 0 Å². The van der Waals surface area contributed by atoms with Crippen molar-refractivity contribution in [3.05, 3.63) is 23.3 Å². The number of hydrogen-bond acceptors (Lipinski definition) is 4. The highest BCUT2D eigenvalue weighted by Gasteiger charge is 2.44. The molecule has 0 amide bonds. The van der Waals surface area contributed by atoms with E-state index in [1.54, 1.807) is 0 Å². The van der Waals surface area contributed by atoms with Gasteiger partial charge in [0.1, 0.15) is 17.1 Å². The van der Waals surface area contributed by atoms with Gasteiger partial charge in [0.2, 0.25) is 0 Å². The normalized spacial score (nSPS) is 18.8. The van der Waals surface area contributed by atoms with Crippen molar-refractivity contribution in [3.63, 3.8) is 0 Å². The fourth-order valence-corrected chi connectivity index (χ4v) is 4.54. The monoisotopic (exact) mass is 453 g/mol. The molecule has 0 N–H and O–H groups in total. The first-order valence-corrected chi connectivity index (χ1v) is 11.1. The molecule has 174 valence electrons. The van der Waals surface area contributed by atoms with Crippen LogP contribution in [-0.4, -0.2) is 39.5 Å². The summed E-state index contributed by atoms with van der Waals surface area (Å²) in [4.78, 5) is 2.60. The molecule has 0 saturated carbocycles. The summed E-state index contributed by atoms with van der Waals surface area (Å²) in [6.07, 6.45) is 3.65. The summed E-state index contributed by atoms with van der Waals surface area (Å²) in [5.74, 6) is 1.31. The van der Waals surface area contributed by atoms with Crippen molar-refractivity contribution in [1.82, 2.24) is 9.47 Å². The van der Waals surface area contributed by atoms with Gasteiger partial charge in [-0.2, -0.15) is 13.2 Å². The zero-order chi connectivity index (χ0) is 24.0. The van der Waals surface area contributed by atoms with Crippen LogP contribution >= 0.6 is 0 Å². The zero-order valence-electron chi connectivity index (χ0n) is 19.5. The molecule has 0 atom stereocenters. The second-order valence-corrected chi connectivity index (χ2v) is 10.9. The van der Waals surface area contributed by atoms with Crippen LogP contribution in [0.3, 0.4) is 0 Å². The van der Waals surface area contributed by atoms with Gasteiger partial charge in [-0.1, -0.05) is 13.8 Å². The minimum absolute atomic E-state index is 0.154. The number of imidazole rings is 1. The molecule has 1 aromatic heterocycles. The zero-order valence-corrected chi connectivity index (χ0v) is 20.3. The lowest BCUT2D eigenvalue weighted by Gasteiger charge is -2.50. The van der Waals surface area contributed by atoms with Crippen molar-refractivity contribution in [2.24, 2.45) is 19.5 Å². The van der Waals surface area contributed by atoms with Crippen molar-refractivity contribution in [1.29, 1.82) is 0 Å². The summed E-state index contributed by atoms with van der Waals surface area (Å²) >= 11 is 0. The molecular weight excluding hydrogens is 419 g/mol. The second-order valence-electron chi connectivity index (χ2n) is 9.48. The number of allylic oxidation sites excluding steroid dienone is 1. The number of halogens is 3. The molecule has 0 bridgehead atoms. The summed E-state index contributed by atoms with van der Waals surface area (Å²) in [5.41, 5.74) is -1.24. The fraction of sp³-hybridized carbons (Fsp3) is 0.750. The second kappa shape index (κ2) is 8.18. The highest BCUT2D eigenvalue weighted by Crippen LogP contribution is 2.44. The van der Waals surface area contributed by atoms with Crippen LogP contribution in [0, 0.1) is 19.3 Å². The number of alkyl halides is 3. The van der Waals surface area contributed by atoms with Crippen molar-refractivity contribution in [2.45, 2.75) is 78.9 Å². The number of rotatable bonds is 2. The molecule has 6 nitrogen and oxygen atoms in total. The fourth-order valence-electron chi connectivity index (χ4n) is 4.54. The molecule has 1 aromatic rings. The maximum absolute atomic E-state index is 10.7. The maximum atomic E-state index is 10.7. The molecule has 30 heavy (non-hydrogen) atoms. The predicted octanol–water partition coefficient (Wildman–Crippen LogP) is 3.78. The van der Waals surface area contributed by atoms with Crippen molar-refractivity contribution in [3.8, 4) is 0 Å². The third-order valence-corrected chi connectivity index (χ3v) is 6.09. The molecule has 0 spiro atoms. The first-order valence-electron chi connectivity index (χ1n) is 9.70. The Morgan fingerprint density at radius 3 is 1.90 bits per heavy atom. The Morgan fingerprint density at radius 1 is 1.17 bits per heavy atom. The lowest BCUT2D eigenvalue weighted by atomic mass is 9.74. The lowest BCUT2D eigenvalue weighted by molar-refractivity contribution is -0.680. The van der Waals surface area contributed by atoms with E-state index in [9.17, 15) is 13.2 Å². The Labute approximate surface area is 178 Å². The van der Waals surface area contributed by atoms with Crippen LogP contribution in [0.15, 0.2) is 6.08 Å². The molecule has 0 aromatic carbocycles. The van der Waals surface area contributed by atoms with Crippen molar-refractivity contribution in [2.75, 3.05) is 0 Å². The summed E-state index contributed by atoms with van der Waals surface area (Å²) in [6, 6.07) is 0.480. The summed E-state index contributed by atoms with van der Waals surface area (Å²) < 4.78 is 63.6. The van der Waals surface area contributed by atoms with Crippen LogP contribution in [-0.2, 0) is 24.2 Å². The molecule has 1 aliphatic rings. The van der Waals surface area contributed by atoms with E-state index in [-0.39, 0.29) is 11.0 Å². The average molecular weight is 454 g/mol. The molecule has 2 rings (SSSR count). The topological polar surface area (TPSA) is 69.2 Å². The van der Waals surface area contributed by atoms with Gasteiger partial charge in [0.05, 0.1) is 14.1 Å². The van der Waals surface area contributed by atoms with Crippen molar-refractivity contribution < 1.29 is 30.7 Å². The first-order chi connectivity index (χ1) is 13.1. The molecule has 0 aliphatic carbocycles. The highest BCUT2D eigenvalue weighted by molar-refractivity contribution is 7.86. The molecule has 0 radical (unpaired) electrons. The minimum Gasteiger partial charge on any atom is -0.741 e. The van der Waals surface area contributed by atoms with E-state index in [0.29, 0.717) is 6.04 Å². The summed E-state index contributed by atoms with van der Waals surface area (Å²) in [5, 5.41) is 0. The largest absolute Gasteiger partial charge is 0.741 e. The Hall–Kier alpha value is -1.55. The summed E-state index contributed by atoms with van der Waals surface area (Å²) in [7, 11) is -1.72. The molecule has 2 heterocycles. The van der Waals surface area contributed by atoms with Crippen LogP contribution in [0.2, 0.25) is 0 Å². The number of nitrogens with zero attached hydrogens (tertiary/aromatic N) is 3. The number of hydrogen-bond donors (Lipinski definition) is 0. The molecular formula is C20H34F3N3O3S. The molecule has 10 heteroatoms. The van der Waals surface area contributed by atoms with Gasteiger partial charge in [-0.15, -0.1) is 0 Å². The van der Waals surface area contributed by atoms with E-state index >= 15 is 0 Å². The smallest absolute Gasteiger partial charge is 0.485 e. The van der Waals surface area contributed by atoms with E-state index in [4.69, 9.17) is 13.0 Å². The van der Waals surface area contributed by atoms with Gasteiger partial charge >= 0.3 is 11.3 Å². The third kappa shape index (κ3) is 5.38. The lowest BCUT2D eigenvalue weighted by Crippen LogP contribution is -2.53. The van der Waals surface area contributed by atoms with Crippen LogP contribution < -0.4 is 4.57 Å². The Kier molecular flexibility index (Phi) is 7.22. The van der Waals surface area contributed by atoms with Crippen molar-refractivity contribution >= 4 is 15.8 Å². The van der Waals surface area contributed by atoms with Crippen LogP contribution in [0.1, 0.15) is 65.2 Å². The van der Waals surface area contributed by atoms with E-state index in [1.165, 1.54) is 29.3 Å². The molecule has 0 unspecified atom stereocenters. The minimum atomic E-state index is -6.09. The van der Waals surface area contributed by atoms with E-state index in [0.717, 1.165) is 0 Å².